The Morgan fingerprint density at radius 3 is 2.52 bits per heavy atom. The molecule has 3 rings (SSSR count). The number of halogens is 2. The lowest BCUT2D eigenvalue weighted by atomic mass is 10.1. The molecular weight excluding hydrogens is 326 g/mol. The molecular formula is C18H16F2N4O. The fraction of sp³-hybridized carbons (Fsp3) is 0.167. The summed E-state index contributed by atoms with van der Waals surface area (Å²) in [7, 11) is 0. The Balaban J connectivity index is 1.95. The van der Waals surface area contributed by atoms with Gasteiger partial charge in [0.15, 0.2) is 0 Å². The van der Waals surface area contributed by atoms with Gasteiger partial charge in [0.05, 0.1) is 6.54 Å². The molecule has 1 atom stereocenters. The lowest BCUT2D eigenvalue weighted by molar-refractivity contribution is -0.121. The van der Waals surface area contributed by atoms with E-state index in [2.05, 4.69) is 10.1 Å². The highest BCUT2D eigenvalue weighted by atomic mass is 19.1. The van der Waals surface area contributed by atoms with Gasteiger partial charge in [-0.2, -0.15) is 5.10 Å². The summed E-state index contributed by atoms with van der Waals surface area (Å²) in [5.74, 6) is -1.12. The van der Waals surface area contributed by atoms with Gasteiger partial charge >= 0.3 is 0 Å². The number of aromatic nitrogens is 3. The summed E-state index contributed by atoms with van der Waals surface area (Å²) in [6.45, 7) is 1.70. The summed E-state index contributed by atoms with van der Waals surface area (Å²) in [4.78, 5) is 18.2. The van der Waals surface area contributed by atoms with Crippen LogP contribution >= 0.6 is 0 Å². The zero-order chi connectivity index (χ0) is 17.8. The van der Waals surface area contributed by atoms with Crippen LogP contribution < -0.4 is 4.90 Å². The standard InChI is InChI=1S/C18H16F2N4O/c1-13(24-12-21-11-22-24)18(25)23(16-8-6-15(19)7-9-16)10-14-4-2-3-5-17(14)20/h2-9,11-13H,10H2,1H3/t13-/m0/s1. The van der Waals surface area contributed by atoms with Crippen LogP contribution in [0.25, 0.3) is 0 Å². The van der Waals surface area contributed by atoms with Gasteiger partial charge in [-0.1, -0.05) is 18.2 Å². The van der Waals surface area contributed by atoms with Gasteiger partial charge in [-0.15, -0.1) is 0 Å². The van der Waals surface area contributed by atoms with Crippen molar-refractivity contribution in [3.05, 3.63) is 78.4 Å². The topological polar surface area (TPSA) is 51.0 Å². The van der Waals surface area contributed by atoms with Gasteiger partial charge in [0, 0.05) is 11.3 Å². The molecule has 0 spiro atoms. The van der Waals surface area contributed by atoms with E-state index in [9.17, 15) is 13.6 Å². The number of anilines is 1. The van der Waals surface area contributed by atoms with E-state index in [-0.39, 0.29) is 12.5 Å². The summed E-state index contributed by atoms with van der Waals surface area (Å²) >= 11 is 0. The quantitative estimate of drug-likeness (QED) is 0.714. The summed E-state index contributed by atoms with van der Waals surface area (Å²) in [5, 5.41) is 3.98. The first-order valence-corrected chi connectivity index (χ1v) is 7.70. The van der Waals surface area contributed by atoms with Crippen LogP contribution in [0, 0.1) is 11.6 Å². The van der Waals surface area contributed by atoms with Gasteiger partial charge in [-0.05, 0) is 37.3 Å². The van der Waals surface area contributed by atoms with E-state index < -0.39 is 17.7 Å². The Morgan fingerprint density at radius 1 is 1.16 bits per heavy atom. The van der Waals surface area contributed by atoms with E-state index in [1.807, 2.05) is 0 Å². The molecule has 0 aliphatic heterocycles. The molecule has 0 saturated carbocycles. The monoisotopic (exact) mass is 342 g/mol. The maximum atomic E-state index is 14.0. The fourth-order valence-electron chi connectivity index (χ4n) is 2.47. The molecule has 0 saturated heterocycles. The molecule has 3 aromatic rings. The largest absolute Gasteiger partial charge is 0.306 e. The highest BCUT2D eigenvalue weighted by Gasteiger charge is 2.25. The van der Waals surface area contributed by atoms with Gasteiger partial charge in [0.25, 0.3) is 5.91 Å². The average molecular weight is 342 g/mol. The molecule has 0 N–H and O–H groups in total. The number of nitrogens with zero attached hydrogens (tertiary/aromatic N) is 4. The van der Waals surface area contributed by atoms with Crippen LogP contribution in [0.1, 0.15) is 18.5 Å². The van der Waals surface area contributed by atoms with E-state index in [1.54, 1.807) is 25.1 Å². The molecule has 1 aromatic heterocycles. The lowest BCUT2D eigenvalue weighted by Crippen LogP contribution is -2.36. The Bertz CT molecular complexity index is 850. The Hall–Kier alpha value is -3.09. The zero-order valence-electron chi connectivity index (χ0n) is 13.5. The fourth-order valence-corrected chi connectivity index (χ4v) is 2.47. The van der Waals surface area contributed by atoms with E-state index in [1.165, 1.54) is 52.6 Å². The number of hydrogen-bond acceptors (Lipinski definition) is 3. The van der Waals surface area contributed by atoms with Crippen molar-refractivity contribution in [1.29, 1.82) is 0 Å². The van der Waals surface area contributed by atoms with Gasteiger partial charge in [0.1, 0.15) is 30.3 Å². The van der Waals surface area contributed by atoms with Crippen LogP contribution in [0.15, 0.2) is 61.2 Å². The minimum Gasteiger partial charge on any atom is -0.306 e. The predicted molar refractivity (Wildman–Crippen MR) is 88.7 cm³/mol. The minimum absolute atomic E-state index is 0.0240. The SMILES string of the molecule is C[C@@H](C(=O)N(Cc1ccccc1F)c1ccc(F)cc1)n1cncn1. The van der Waals surface area contributed by atoms with Crippen LogP contribution in [0.4, 0.5) is 14.5 Å². The van der Waals surface area contributed by atoms with Crippen molar-refractivity contribution in [3.8, 4) is 0 Å². The maximum Gasteiger partial charge on any atom is 0.251 e. The van der Waals surface area contributed by atoms with Crippen LogP contribution in [0.5, 0.6) is 0 Å². The van der Waals surface area contributed by atoms with Crippen LogP contribution in [-0.2, 0) is 11.3 Å². The molecule has 0 radical (unpaired) electrons. The molecule has 0 fully saturated rings. The van der Waals surface area contributed by atoms with E-state index in [0.717, 1.165) is 0 Å². The summed E-state index contributed by atoms with van der Waals surface area (Å²) in [6, 6.07) is 11.1. The highest BCUT2D eigenvalue weighted by Crippen LogP contribution is 2.22. The van der Waals surface area contributed by atoms with Crippen molar-refractivity contribution < 1.29 is 13.6 Å². The first-order valence-electron chi connectivity index (χ1n) is 7.70. The normalized spacial score (nSPS) is 12.0. The van der Waals surface area contributed by atoms with Crippen molar-refractivity contribution in [2.45, 2.75) is 19.5 Å². The average Bonchev–Trinajstić information content (AvgIpc) is 3.15. The molecule has 0 aliphatic rings. The molecule has 7 heteroatoms. The van der Waals surface area contributed by atoms with Crippen LogP contribution in [-0.4, -0.2) is 20.7 Å². The third-order valence-corrected chi connectivity index (χ3v) is 3.88. The maximum absolute atomic E-state index is 14.0. The Kier molecular flexibility index (Phi) is 4.83. The third-order valence-electron chi connectivity index (χ3n) is 3.88. The number of carbonyl (C=O) groups excluding carboxylic acids is 1. The van der Waals surface area contributed by atoms with Crippen molar-refractivity contribution in [2.75, 3.05) is 4.90 Å². The van der Waals surface area contributed by atoms with Crippen molar-refractivity contribution in [1.82, 2.24) is 14.8 Å². The van der Waals surface area contributed by atoms with Crippen LogP contribution in [0.3, 0.4) is 0 Å². The smallest absolute Gasteiger partial charge is 0.251 e. The van der Waals surface area contributed by atoms with Crippen molar-refractivity contribution >= 4 is 11.6 Å². The molecule has 1 heterocycles. The molecule has 0 aliphatic carbocycles. The summed E-state index contributed by atoms with van der Waals surface area (Å²) < 4.78 is 28.7. The van der Waals surface area contributed by atoms with Crippen molar-refractivity contribution in [2.24, 2.45) is 0 Å². The number of carbonyl (C=O) groups is 1. The Labute approximate surface area is 143 Å². The van der Waals surface area contributed by atoms with Crippen LogP contribution in [0.2, 0.25) is 0 Å². The minimum atomic E-state index is -0.640. The number of benzene rings is 2. The molecule has 5 nitrogen and oxygen atoms in total. The zero-order valence-corrected chi connectivity index (χ0v) is 13.5. The molecule has 1 amide bonds. The molecule has 2 aromatic carbocycles. The number of hydrogen-bond donors (Lipinski definition) is 0. The van der Waals surface area contributed by atoms with E-state index in [0.29, 0.717) is 11.3 Å². The number of rotatable bonds is 5. The first-order chi connectivity index (χ1) is 12.1. The number of amides is 1. The second-order valence-electron chi connectivity index (χ2n) is 5.54. The summed E-state index contributed by atoms with van der Waals surface area (Å²) in [6.07, 6.45) is 2.78. The molecule has 0 unspecified atom stereocenters. The third kappa shape index (κ3) is 3.71. The molecule has 0 bridgehead atoms. The Morgan fingerprint density at radius 2 is 1.88 bits per heavy atom. The van der Waals surface area contributed by atoms with Crippen molar-refractivity contribution in [3.63, 3.8) is 0 Å². The lowest BCUT2D eigenvalue weighted by Gasteiger charge is -2.26. The second-order valence-corrected chi connectivity index (χ2v) is 5.54. The highest BCUT2D eigenvalue weighted by molar-refractivity contribution is 5.95. The summed E-state index contributed by atoms with van der Waals surface area (Å²) in [5.41, 5.74) is 0.840. The first kappa shape index (κ1) is 16.8. The van der Waals surface area contributed by atoms with Gasteiger partial charge in [-0.3, -0.25) is 4.79 Å². The predicted octanol–water partition coefficient (Wildman–Crippen LogP) is 3.35. The molecule has 128 valence electrons. The second kappa shape index (κ2) is 7.21. The van der Waals surface area contributed by atoms with Gasteiger partial charge < -0.3 is 4.90 Å². The van der Waals surface area contributed by atoms with Gasteiger partial charge in [0.2, 0.25) is 0 Å². The van der Waals surface area contributed by atoms with E-state index in [4.69, 9.17) is 0 Å². The van der Waals surface area contributed by atoms with Gasteiger partial charge in [-0.25, -0.2) is 18.4 Å². The van der Waals surface area contributed by atoms with E-state index >= 15 is 0 Å². The molecule has 25 heavy (non-hydrogen) atoms.